The number of hydrogen-bond donors (Lipinski definition) is 4. The molecule has 1 rings (SSSR count). The monoisotopic (exact) mass is 225 g/mol. The van der Waals surface area contributed by atoms with Gasteiger partial charge < -0.3 is 21.1 Å². The summed E-state index contributed by atoms with van der Waals surface area (Å²) in [6, 6.07) is -0.506. The van der Waals surface area contributed by atoms with E-state index < -0.39 is 24.4 Å². The lowest BCUT2D eigenvalue weighted by Crippen LogP contribution is -2.57. The summed E-state index contributed by atoms with van der Waals surface area (Å²) in [5, 5.41) is 27.5. The average Bonchev–Trinajstić information content (AvgIpc) is 1.97. The summed E-state index contributed by atoms with van der Waals surface area (Å²) in [6.07, 6.45) is -2.66. The molecule has 66 valence electrons. The van der Waals surface area contributed by atoms with Gasteiger partial charge in [0.15, 0.2) is 0 Å². The summed E-state index contributed by atoms with van der Waals surface area (Å²) in [7, 11) is 0. The van der Waals surface area contributed by atoms with Crippen LogP contribution >= 0.6 is 15.9 Å². The molecule has 4 nitrogen and oxygen atoms in total. The molecule has 5 atom stereocenters. The predicted molar refractivity (Wildman–Crippen MR) is 43.3 cm³/mol. The Hall–Kier alpha value is 0.320. The first-order valence-electron chi connectivity index (χ1n) is 3.48. The van der Waals surface area contributed by atoms with E-state index in [1.807, 2.05) is 0 Å². The molecule has 5 N–H and O–H groups in total. The molecule has 0 aliphatic heterocycles. The van der Waals surface area contributed by atoms with E-state index in [0.717, 1.165) is 0 Å². The number of nitrogens with two attached hydrogens (primary N) is 1. The van der Waals surface area contributed by atoms with E-state index in [9.17, 15) is 5.11 Å². The summed E-state index contributed by atoms with van der Waals surface area (Å²) < 4.78 is 0. The summed E-state index contributed by atoms with van der Waals surface area (Å²) in [6.45, 7) is 0. The number of aliphatic hydroxyl groups excluding tert-OH is 3. The summed E-state index contributed by atoms with van der Waals surface area (Å²) in [4.78, 5) is -0.129. The maximum absolute atomic E-state index is 9.22. The molecule has 5 heteroatoms. The minimum absolute atomic E-state index is 0.129. The summed E-state index contributed by atoms with van der Waals surface area (Å²) in [5.74, 6) is 0. The molecule has 0 amide bonds. The molecule has 0 aromatic carbocycles. The van der Waals surface area contributed by atoms with Crippen LogP contribution in [0.1, 0.15) is 6.42 Å². The van der Waals surface area contributed by atoms with Gasteiger partial charge in [-0.05, 0) is 6.42 Å². The van der Waals surface area contributed by atoms with Crippen LogP contribution < -0.4 is 5.73 Å². The Morgan fingerprint density at radius 2 is 1.73 bits per heavy atom. The van der Waals surface area contributed by atoms with Crippen LogP contribution in [-0.4, -0.2) is 44.5 Å². The van der Waals surface area contributed by atoms with Gasteiger partial charge in [0.05, 0.1) is 12.2 Å². The molecule has 0 bridgehead atoms. The Morgan fingerprint density at radius 3 is 2.27 bits per heavy atom. The van der Waals surface area contributed by atoms with E-state index >= 15 is 0 Å². The Balaban J connectivity index is 2.63. The molecule has 0 aromatic rings. The van der Waals surface area contributed by atoms with E-state index in [1.165, 1.54) is 0 Å². The molecule has 1 aliphatic rings. The van der Waals surface area contributed by atoms with Crippen molar-refractivity contribution < 1.29 is 15.3 Å². The van der Waals surface area contributed by atoms with Crippen LogP contribution in [0.4, 0.5) is 0 Å². The summed E-state index contributed by atoms with van der Waals surface area (Å²) in [5.41, 5.74) is 5.51. The minimum atomic E-state index is -1.11. The van der Waals surface area contributed by atoms with Gasteiger partial charge >= 0.3 is 0 Å². The molecule has 0 radical (unpaired) electrons. The average molecular weight is 226 g/mol. The predicted octanol–water partition coefficient (Wildman–Crippen LogP) is -1.44. The fourth-order valence-electron chi connectivity index (χ4n) is 1.20. The van der Waals surface area contributed by atoms with Crippen LogP contribution in [0.5, 0.6) is 0 Å². The first-order chi connectivity index (χ1) is 5.04. The normalized spacial score (nSPS) is 52.6. The molecule has 0 spiro atoms. The number of aliphatic hydroxyl groups is 3. The number of hydrogen-bond acceptors (Lipinski definition) is 4. The first kappa shape index (κ1) is 9.41. The smallest absolute Gasteiger partial charge is 0.107 e. The van der Waals surface area contributed by atoms with E-state index in [4.69, 9.17) is 15.9 Å². The molecule has 5 unspecified atom stereocenters. The van der Waals surface area contributed by atoms with E-state index in [2.05, 4.69) is 15.9 Å². The minimum Gasteiger partial charge on any atom is -0.390 e. The fourth-order valence-corrected chi connectivity index (χ4v) is 1.89. The van der Waals surface area contributed by atoms with Crippen LogP contribution in [-0.2, 0) is 0 Å². The Kier molecular flexibility index (Phi) is 2.88. The second-order valence-corrected chi connectivity index (χ2v) is 4.05. The molecule has 0 heterocycles. The van der Waals surface area contributed by atoms with Crippen molar-refractivity contribution >= 4 is 15.9 Å². The zero-order valence-corrected chi connectivity index (χ0v) is 7.48. The lowest BCUT2D eigenvalue weighted by molar-refractivity contribution is -0.0897. The largest absolute Gasteiger partial charge is 0.390 e. The standard InChI is InChI=1S/C6H12BrNO3/c7-2-1-3(9)5(10)6(11)4(2)8/h2-6,9-11H,1,8H2. The van der Waals surface area contributed by atoms with Crippen molar-refractivity contribution in [3.05, 3.63) is 0 Å². The van der Waals surface area contributed by atoms with Crippen molar-refractivity contribution in [3.63, 3.8) is 0 Å². The third-order valence-electron chi connectivity index (χ3n) is 2.02. The van der Waals surface area contributed by atoms with Crippen molar-refractivity contribution in [2.75, 3.05) is 0 Å². The highest BCUT2D eigenvalue weighted by molar-refractivity contribution is 9.09. The highest BCUT2D eigenvalue weighted by Crippen LogP contribution is 2.24. The SMILES string of the molecule is NC1C(Br)CC(O)C(O)C1O. The zero-order chi connectivity index (χ0) is 8.59. The van der Waals surface area contributed by atoms with Crippen LogP contribution in [0.25, 0.3) is 0 Å². The molecule has 11 heavy (non-hydrogen) atoms. The van der Waals surface area contributed by atoms with E-state index in [1.54, 1.807) is 0 Å². The Bertz CT molecular complexity index is 132. The van der Waals surface area contributed by atoms with Gasteiger partial charge in [-0.25, -0.2) is 0 Å². The molecular formula is C6H12BrNO3. The van der Waals surface area contributed by atoms with Gasteiger partial charge in [-0.15, -0.1) is 0 Å². The maximum atomic E-state index is 9.22. The second-order valence-electron chi connectivity index (χ2n) is 2.88. The van der Waals surface area contributed by atoms with Gasteiger partial charge in [-0.3, -0.25) is 0 Å². The summed E-state index contributed by atoms with van der Waals surface area (Å²) >= 11 is 3.21. The van der Waals surface area contributed by atoms with Gasteiger partial charge in [0.1, 0.15) is 6.10 Å². The van der Waals surface area contributed by atoms with Crippen LogP contribution in [0, 0.1) is 0 Å². The highest BCUT2D eigenvalue weighted by atomic mass is 79.9. The zero-order valence-electron chi connectivity index (χ0n) is 5.89. The van der Waals surface area contributed by atoms with Crippen molar-refractivity contribution in [2.24, 2.45) is 5.73 Å². The third-order valence-corrected chi connectivity index (χ3v) is 3.01. The van der Waals surface area contributed by atoms with Gasteiger partial charge in [0.2, 0.25) is 0 Å². The van der Waals surface area contributed by atoms with Crippen molar-refractivity contribution in [3.8, 4) is 0 Å². The van der Waals surface area contributed by atoms with Gasteiger partial charge in [-0.2, -0.15) is 0 Å². The van der Waals surface area contributed by atoms with Crippen molar-refractivity contribution in [1.82, 2.24) is 0 Å². The van der Waals surface area contributed by atoms with Crippen LogP contribution in [0.3, 0.4) is 0 Å². The second kappa shape index (κ2) is 3.37. The lowest BCUT2D eigenvalue weighted by Gasteiger charge is -2.36. The third kappa shape index (κ3) is 1.73. The highest BCUT2D eigenvalue weighted by Gasteiger charge is 2.39. The van der Waals surface area contributed by atoms with Crippen LogP contribution in [0.2, 0.25) is 0 Å². The Morgan fingerprint density at radius 1 is 1.18 bits per heavy atom. The Labute approximate surface area is 73.1 Å². The fraction of sp³-hybridized carbons (Fsp3) is 1.00. The topological polar surface area (TPSA) is 86.7 Å². The number of alkyl halides is 1. The van der Waals surface area contributed by atoms with Crippen molar-refractivity contribution in [2.45, 2.75) is 35.6 Å². The molecule has 1 aliphatic carbocycles. The molecule has 1 fully saturated rings. The first-order valence-corrected chi connectivity index (χ1v) is 4.39. The van der Waals surface area contributed by atoms with Crippen LogP contribution in [0.15, 0.2) is 0 Å². The van der Waals surface area contributed by atoms with Gasteiger partial charge in [0, 0.05) is 10.9 Å². The van der Waals surface area contributed by atoms with Crippen molar-refractivity contribution in [1.29, 1.82) is 0 Å². The number of rotatable bonds is 0. The molecule has 0 saturated heterocycles. The maximum Gasteiger partial charge on any atom is 0.107 e. The van der Waals surface area contributed by atoms with Gasteiger partial charge in [-0.1, -0.05) is 15.9 Å². The van der Waals surface area contributed by atoms with E-state index in [0.29, 0.717) is 6.42 Å². The quantitative estimate of drug-likeness (QED) is 0.381. The van der Waals surface area contributed by atoms with Gasteiger partial charge in [0.25, 0.3) is 0 Å². The molecule has 0 aromatic heterocycles. The lowest BCUT2D eigenvalue weighted by atomic mass is 9.88. The van der Waals surface area contributed by atoms with E-state index in [-0.39, 0.29) is 4.83 Å². The molecule has 1 saturated carbocycles. The number of halogens is 1. The molecular weight excluding hydrogens is 214 g/mol.